The second-order valence-corrected chi connectivity index (χ2v) is 12.0. The Morgan fingerprint density at radius 1 is 0.878 bits per heavy atom. The number of H-pyrrole nitrogens is 1. The SMILES string of the molecule is O=C1c2c(c3c4ccc(O)cc4n(O[C@@H]4O[C@H](CO)[C@@H](O)[C@H](O)[C@H]4O)c3c3[nH]c4cc(O)ccc4c23)C(=O)N1NCc1ccc(CO)nc1. The molecule has 8 rings (SSSR count). The number of aliphatic hydroxyl groups is 5. The van der Waals surface area contributed by atoms with Gasteiger partial charge in [0.05, 0.1) is 46.6 Å². The molecule has 2 aliphatic rings. The van der Waals surface area contributed by atoms with Crippen molar-refractivity contribution in [3.63, 3.8) is 0 Å². The number of aromatic hydroxyl groups is 2. The van der Waals surface area contributed by atoms with Crippen molar-refractivity contribution in [1.82, 2.24) is 25.1 Å². The maximum Gasteiger partial charge on any atom is 0.276 e. The number of carbonyl (C=O) groups excluding carboxylic acids is 2. The van der Waals surface area contributed by atoms with Gasteiger partial charge >= 0.3 is 0 Å². The van der Waals surface area contributed by atoms with Gasteiger partial charge in [-0.3, -0.25) is 14.6 Å². The summed E-state index contributed by atoms with van der Waals surface area (Å²) in [6.07, 6.45) is -6.64. The second kappa shape index (κ2) is 11.4. The molecular weight excluding hydrogens is 642 g/mol. The van der Waals surface area contributed by atoms with Crippen molar-refractivity contribution in [2.45, 2.75) is 43.9 Å². The minimum absolute atomic E-state index is 0.00886. The fraction of sp³-hybridized carbons (Fsp3) is 0.242. The van der Waals surface area contributed by atoms with Crippen molar-refractivity contribution in [3.8, 4) is 11.5 Å². The van der Waals surface area contributed by atoms with Gasteiger partial charge in [-0.2, -0.15) is 4.73 Å². The maximum atomic E-state index is 14.3. The number of hydrogen-bond acceptors (Lipinski definition) is 13. The van der Waals surface area contributed by atoms with Crippen LogP contribution < -0.4 is 10.3 Å². The zero-order chi connectivity index (χ0) is 34.3. The molecule has 2 aliphatic heterocycles. The first kappa shape index (κ1) is 31.0. The molecule has 6 aromatic rings. The molecule has 3 aromatic carbocycles. The molecule has 0 radical (unpaired) electrons. The molecule has 0 bridgehead atoms. The van der Waals surface area contributed by atoms with Gasteiger partial charge in [0, 0.05) is 46.4 Å². The third-order valence-corrected chi connectivity index (χ3v) is 9.06. The summed E-state index contributed by atoms with van der Waals surface area (Å²) in [6.45, 7) is -0.914. The Labute approximate surface area is 274 Å². The van der Waals surface area contributed by atoms with Gasteiger partial charge in [0.1, 0.15) is 41.4 Å². The number of benzene rings is 3. The number of hydrazine groups is 1. The van der Waals surface area contributed by atoms with E-state index in [-0.39, 0.29) is 52.2 Å². The van der Waals surface area contributed by atoms with E-state index in [2.05, 4.69) is 15.4 Å². The van der Waals surface area contributed by atoms with Gasteiger partial charge in [-0.05, 0) is 35.9 Å². The van der Waals surface area contributed by atoms with Gasteiger partial charge in [-0.25, -0.2) is 10.4 Å². The molecule has 1 fully saturated rings. The number of ether oxygens (including phenoxy) is 1. The number of imide groups is 1. The summed E-state index contributed by atoms with van der Waals surface area (Å²) >= 11 is 0. The summed E-state index contributed by atoms with van der Waals surface area (Å²) in [5, 5.41) is 73.9. The number of amides is 2. The smallest absolute Gasteiger partial charge is 0.276 e. The maximum absolute atomic E-state index is 14.3. The largest absolute Gasteiger partial charge is 0.508 e. The Bertz CT molecular complexity index is 2320. The highest BCUT2D eigenvalue weighted by atomic mass is 16.8. The van der Waals surface area contributed by atoms with E-state index in [4.69, 9.17) is 9.57 Å². The van der Waals surface area contributed by atoms with Crippen molar-refractivity contribution in [3.05, 3.63) is 77.1 Å². The lowest BCUT2D eigenvalue weighted by Gasteiger charge is -2.39. The fourth-order valence-corrected chi connectivity index (χ4v) is 6.68. The van der Waals surface area contributed by atoms with Crippen LogP contribution in [0.2, 0.25) is 0 Å². The summed E-state index contributed by atoms with van der Waals surface area (Å²) in [4.78, 5) is 42.1. The predicted molar refractivity (Wildman–Crippen MR) is 170 cm³/mol. The number of rotatable bonds is 7. The number of phenolic OH excluding ortho intramolecular Hbond substituents is 2. The number of aromatic amines is 1. The van der Waals surface area contributed by atoms with Crippen LogP contribution in [0.5, 0.6) is 11.5 Å². The van der Waals surface area contributed by atoms with Gasteiger partial charge in [-0.1, -0.05) is 6.07 Å². The molecule has 5 atom stereocenters. The minimum Gasteiger partial charge on any atom is -0.508 e. The standard InChI is InChI=1S/C33H29N5O11/c39-11-14-2-1-13(9-34-14)10-35-37-31(46)24-22-17-5-3-15(41)7-19(17)36-26(22)27-23(25(24)32(37)47)18-6-4-16(42)8-20(18)38(27)49-33-30(45)29(44)28(43)21(12-40)48-33/h1-9,21,28-30,33,35-36,39-45H,10-12H2/t21-,28-,29+,30-,33+/m1/s1. The van der Waals surface area contributed by atoms with E-state index in [0.717, 1.165) is 5.01 Å². The topological polar surface area (TPSA) is 243 Å². The van der Waals surface area contributed by atoms with Crippen LogP contribution in [-0.4, -0.2) is 105 Å². The van der Waals surface area contributed by atoms with Crippen LogP contribution in [0.15, 0.2) is 54.7 Å². The molecule has 252 valence electrons. The first-order chi connectivity index (χ1) is 23.6. The molecule has 5 heterocycles. The van der Waals surface area contributed by atoms with E-state index in [9.17, 15) is 45.3 Å². The van der Waals surface area contributed by atoms with Gasteiger partial charge in [0.2, 0.25) is 0 Å². The van der Waals surface area contributed by atoms with Crippen LogP contribution in [0.3, 0.4) is 0 Å². The van der Waals surface area contributed by atoms with Crippen LogP contribution in [0.1, 0.15) is 32.0 Å². The molecule has 0 unspecified atom stereocenters. The van der Waals surface area contributed by atoms with Gasteiger partial charge in [0.15, 0.2) is 0 Å². The van der Waals surface area contributed by atoms with Crippen LogP contribution in [0, 0.1) is 0 Å². The number of fused-ring (bicyclic) bond motifs is 10. The highest BCUT2D eigenvalue weighted by Gasteiger charge is 2.46. The van der Waals surface area contributed by atoms with E-state index in [0.29, 0.717) is 38.4 Å². The Balaban J connectivity index is 1.37. The molecule has 3 aromatic heterocycles. The van der Waals surface area contributed by atoms with E-state index >= 15 is 0 Å². The molecule has 1 saturated heterocycles. The first-order valence-corrected chi connectivity index (χ1v) is 15.2. The quantitative estimate of drug-likeness (QED) is 0.104. The lowest BCUT2D eigenvalue weighted by molar-refractivity contribution is -0.298. The molecule has 16 heteroatoms. The number of carbonyl (C=O) groups is 2. The number of pyridine rings is 1. The zero-order valence-electron chi connectivity index (χ0n) is 25.3. The highest BCUT2D eigenvalue weighted by Crippen LogP contribution is 2.45. The highest BCUT2D eigenvalue weighted by molar-refractivity contribution is 6.39. The molecule has 0 spiro atoms. The van der Waals surface area contributed by atoms with Gasteiger partial charge < -0.3 is 50.3 Å². The predicted octanol–water partition coefficient (Wildman–Crippen LogP) is 0.257. The minimum atomic E-state index is -1.80. The molecule has 49 heavy (non-hydrogen) atoms. The Morgan fingerprint density at radius 3 is 2.29 bits per heavy atom. The van der Waals surface area contributed by atoms with Crippen molar-refractivity contribution in [2.75, 3.05) is 6.61 Å². The molecule has 0 saturated carbocycles. The number of hydrogen-bond donors (Lipinski definition) is 9. The second-order valence-electron chi connectivity index (χ2n) is 12.0. The summed E-state index contributed by atoms with van der Waals surface area (Å²) < 4.78 is 6.83. The molecule has 9 N–H and O–H groups in total. The summed E-state index contributed by atoms with van der Waals surface area (Å²) in [5.41, 5.74) is 5.13. The monoisotopic (exact) mass is 671 g/mol. The molecular formula is C33H29N5O11. The van der Waals surface area contributed by atoms with Crippen molar-refractivity contribution < 1.29 is 54.9 Å². The van der Waals surface area contributed by atoms with Crippen LogP contribution in [-0.2, 0) is 17.9 Å². The van der Waals surface area contributed by atoms with Crippen LogP contribution >= 0.6 is 0 Å². The molecule has 2 amide bonds. The average Bonchev–Trinajstić information content (AvgIpc) is 3.70. The lowest BCUT2D eigenvalue weighted by atomic mass is 9.96. The molecule has 16 nitrogen and oxygen atoms in total. The summed E-state index contributed by atoms with van der Waals surface area (Å²) in [5.74, 6) is -1.60. The zero-order valence-corrected chi connectivity index (χ0v) is 25.3. The normalized spacial score (nSPS) is 22.6. The van der Waals surface area contributed by atoms with E-state index in [1.165, 1.54) is 41.3 Å². The average molecular weight is 672 g/mol. The number of nitrogens with zero attached hydrogens (tertiary/aromatic N) is 3. The fourth-order valence-electron chi connectivity index (χ4n) is 6.68. The van der Waals surface area contributed by atoms with E-state index in [1.54, 1.807) is 18.2 Å². The van der Waals surface area contributed by atoms with Crippen molar-refractivity contribution in [2.24, 2.45) is 0 Å². The number of nitrogens with one attached hydrogen (secondary N) is 2. The summed E-state index contributed by atoms with van der Waals surface area (Å²) in [6, 6.07) is 12.1. The first-order valence-electron chi connectivity index (χ1n) is 15.2. The third kappa shape index (κ3) is 4.61. The van der Waals surface area contributed by atoms with Crippen molar-refractivity contribution >= 4 is 55.4 Å². The number of aliphatic hydroxyl groups excluding tert-OH is 5. The molecule has 0 aliphatic carbocycles. The lowest BCUT2D eigenvalue weighted by Crippen LogP contribution is -2.61. The van der Waals surface area contributed by atoms with Gasteiger partial charge in [-0.15, -0.1) is 0 Å². The Hall–Kier alpha value is -5.33. The van der Waals surface area contributed by atoms with E-state index < -0.39 is 49.1 Å². The Morgan fingerprint density at radius 2 is 1.59 bits per heavy atom. The van der Waals surface area contributed by atoms with Crippen LogP contribution in [0.4, 0.5) is 0 Å². The number of phenols is 2. The Kier molecular flexibility index (Phi) is 7.20. The van der Waals surface area contributed by atoms with E-state index in [1.807, 2.05) is 0 Å². The van der Waals surface area contributed by atoms with Crippen molar-refractivity contribution in [1.29, 1.82) is 0 Å². The summed E-state index contributed by atoms with van der Waals surface area (Å²) in [7, 11) is 0. The third-order valence-electron chi connectivity index (χ3n) is 9.06. The number of aromatic nitrogens is 3. The van der Waals surface area contributed by atoms with Crippen LogP contribution in [0.25, 0.3) is 43.6 Å². The van der Waals surface area contributed by atoms with Gasteiger partial charge in [0.25, 0.3) is 18.1 Å².